The van der Waals surface area contributed by atoms with Gasteiger partial charge in [0.2, 0.25) is 0 Å². The molecule has 1 aromatic rings. The van der Waals surface area contributed by atoms with Crippen molar-refractivity contribution in [1.82, 2.24) is 5.32 Å². The first-order chi connectivity index (χ1) is 8.03. The van der Waals surface area contributed by atoms with E-state index in [1.807, 2.05) is 6.07 Å². The summed E-state index contributed by atoms with van der Waals surface area (Å²) in [4.78, 5) is 10.9. The molecule has 18 heavy (non-hydrogen) atoms. The van der Waals surface area contributed by atoms with Gasteiger partial charge in [-0.1, -0.05) is 12.1 Å². The van der Waals surface area contributed by atoms with E-state index in [1.54, 1.807) is 0 Å². The number of carbonyl (C=O) groups excluding carboxylic acids is 1. The third-order valence-electron chi connectivity index (χ3n) is 2.45. The molecule has 0 unspecified atom stereocenters. The molecule has 2 rings (SSSR count). The van der Waals surface area contributed by atoms with Crippen LogP contribution in [0.25, 0.3) is 0 Å². The lowest BCUT2D eigenvalue weighted by Crippen LogP contribution is -2.49. The summed E-state index contributed by atoms with van der Waals surface area (Å²) in [6, 6.07) is 6.10. The van der Waals surface area contributed by atoms with Gasteiger partial charge in [0.1, 0.15) is 6.04 Å². The first kappa shape index (κ1) is 14.2. The number of carbonyl (C=O) groups is 1. The number of alkyl carbamates (subject to hydrolysis) is 1. The van der Waals surface area contributed by atoms with Gasteiger partial charge >= 0.3 is 12.0 Å². The molecular formula is C11H9ClF2N2O2. The van der Waals surface area contributed by atoms with E-state index in [4.69, 9.17) is 5.26 Å². The smallest absolute Gasteiger partial charge is 0.408 e. The van der Waals surface area contributed by atoms with E-state index >= 15 is 0 Å². The monoisotopic (exact) mass is 274 g/mol. The van der Waals surface area contributed by atoms with Gasteiger partial charge in [0.15, 0.2) is 6.61 Å². The van der Waals surface area contributed by atoms with Crippen LogP contribution in [0.1, 0.15) is 17.2 Å². The number of amides is 1. The lowest BCUT2D eigenvalue weighted by molar-refractivity contribution is -0.104. The summed E-state index contributed by atoms with van der Waals surface area (Å²) in [7, 11) is 0. The van der Waals surface area contributed by atoms with Crippen LogP contribution in [0.4, 0.5) is 13.6 Å². The molecule has 1 amide bonds. The third-order valence-corrected chi connectivity index (χ3v) is 2.45. The number of alkyl halides is 2. The summed E-state index contributed by atoms with van der Waals surface area (Å²) in [6.07, 6.45) is -0.870. The number of ether oxygens (including phenoxy) is 1. The Morgan fingerprint density at radius 1 is 1.39 bits per heavy atom. The zero-order chi connectivity index (χ0) is 12.5. The van der Waals surface area contributed by atoms with Gasteiger partial charge in [-0.05, 0) is 17.7 Å². The van der Waals surface area contributed by atoms with Crippen molar-refractivity contribution in [2.24, 2.45) is 0 Å². The Balaban J connectivity index is 0.00000162. The summed E-state index contributed by atoms with van der Waals surface area (Å²) in [5, 5.41) is 10.7. The minimum absolute atomic E-state index is 0. The lowest BCUT2D eigenvalue weighted by atomic mass is 9.99. The second-order valence-corrected chi connectivity index (χ2v) is 3.65. The molecule has 0 saturated carbocycles. The summed E-state index contributed by atoms with van der Waals surface area (Å²) in [5.74, 6) is -3.16. The maximum atomic E-state index is 13.5. The van der Waals surface area contributed by atoms with Crippen LogP contribution in [0.5, 0.6) is 0 Å². The molecule has 1 heterocycles. The molecule has 7 heteroatoms. The van der Waals surface area contributed by atoms with Gasteiger partial charge in [-0.3, -0.25) is 0 Å². The Morgan fingerprint density at radius 3 is 2.56 bits per heavy atom. The van der Waals surface area contributed by atoms with Gasteiger partial charge < -0.3 is 10.1 Å². The molecule has 0 spiro atoms. The minimum Gasteiger partial charge on any atom is -0.443 e. The van der Waals surface area contributed by atoms with Crippen LogP contribution in [0.3, 0.4) is 0 Å². The fourth-order valence-corrected chi connectivity index (χ4v) is 1.59. The Labute approximate surface area is 108 Å². The molecule has 1 aliphatic rings. The quantitative estimate of drug-likeness (QED) is 0.855. The predicted molar refractivity (Wildman–Crippen MR) is 60.6 cm³/mol. The SMILES string of the molecule is Cl.N#Cc1ccc([C@H]2NC(=O)OCC2(F)F)cc1. The van der Waals surface area contributed by atoms with E-state index in [-0.39, 0.29) is 18.0 Å². The number of nitriles is 1. The molecule has 1 N–H and O–H groups in total. The van der Waals surface area contributed by atoms with Gasteiger partial charge in [0, 0.05) is 0 Å². The van der Waals surface area contributed by atoms with E-state index in [0.717, 1.165) is 0 Å². The average molecular weight is 275 g/mol. The van der Waals surface area contributed by atoms with Crippen molar-refractivity contribution in [1.29, 1.82) is 5.26 Å². The summed E-state index contributed by atoms with van der Waals surface area (Å²) < 4.78 is 31.2. The Hall–Kier alpha value is -1.87. The molecule has 0 bridgehead atoms. The van der Waals surface area contributed by atoms with Crippen molar-refractivity contribution in [3.8, 4) is 6.07 Å². The highest BCUT2D eigenvalue weighted by atomic mass is 35.5. The molecule has 0 radical (unpaired) electrons. The molecule has 4 nitrogen and oxygen atoms in total. The van der Waals surface area contributed by atoms with Crippen molar-refractivity contribution in [3.05, 3.63) is 35.4 Å². The van der Waals surface area contributed by atoms with E-state index in [2.05, 4.69) is 10.1 Å². The second kappa shape index (κ2) is 5.19. The minimum atomic E-state index is -3.16. The highest BCUT2D eigenvalue weighted by Gasteiger charge is 2.46. The standard InChI is InChI=1S/C11H8F2N2O2.ClH/c12-11(13)6-17-10(16)15-9(11)8-3-1-7(5-14)2-4-8;/h1-4,9H,6H2,(H,15,16);1H/t9-;/m1./s1. The van der Waals surface area contributed by atoms with Gasteiger partial charge in [-0.15, -0.1) is 12.4 Å². The molecule has 1 atom stereocenters. The summed E-state index contributed by atoms with van der Waals surface area (Å²) >= 11 is 0. The maximum absolute atomic E-state index is 13.5. The van der Waals surface area contributed by atoms with E-state index in [0.29, 0.717) is 5.56 Å². The average Bonchev–Trinajstić information content (AvgIpc) is 2.33. The molecule has 0 aliphatic carbocycles. The first-order valence-electron chi connectivity index (χ1n) is 4.84. The Kier molecular flexibility index (Phi) is 4.09. The molecular weight excluding hydrogens is 266 g/mol. The molecule has 1 saturated heterocycles. The summed E-state index contributed by atoms with van der Waals surface area (Å²) in [5.41, 5.74) is 0.612. The van der Waals surface area contributed by atoms with Crippen LogP contribution in [0, 0.1) is 11.3 Å². The van der Waals surface area contributed by atoms with Gasteiger partial charge in [-0.25, -0.2) is 13.6 Å². The highest BCUT2D eigenvalue weighted by Crippen LogP contribution is 2.34. The maximum Gasteiger partial charge on any atom is 0.408 e. The van der Waals surface area contributed by atoms with Gasteiger partial charge in [0.25, 0.3) is 0 Å². The summed E-state index contributed by atoms with van der Waals surface area (Å²) in [6.45, 7) is -0.941. The number of nitrogens with one attached hydrogen (secondary N) is 1. The van der Waals surface area contributed by atoms with Crippen LogP contribution < -0.4 is 5.32 Å². The number of nitrogens with zero attached hydrogens (tertiary/aromatic N) is 1. The van der Waals surface area contributed by atoms with Crippen molar-refractivity contribution >= 4 is 18.5 Å². The van der Waals surface area contributed by atoms with Crippen LogP contribution in [-0.2, 0) is 4.74 Å². The zero-order valence-electron chi connectivity index (χ0n) is 9.02. The van der Waals surface area contributed by atoms with Crippen LogP contribution in [0.2, 0.25) is 0 Å². The molecule has 1 fully saturated rings. The zero-order valence-corrected chi connectivity index (χ0v) is 9.84. The Bertz CT molecular complexity index is 485. The van der Waals surface area contributed by atoms with Crippen molar-refractivity contribution in [2.45, 2.75) is 12.0 Å². The van der Waals surface area contributed by atoms with E-state index in [9.17, 15) is 13.6 Å². The van der Waals surface area contributed by atoms with Gasteiger partial charge in [-0.2, -0.15) is 5.26 Å². The molecule has 0 aromatic heterocycles. The largest absolute Gasteiger partial charge is 0.443 e. The van der Waals surface area contributed by atoms with E-state index < -0.39 is 24.7 Å². The molecule has 96 valence electrons. The first-order valence-corrected chi connectivity index (χ1v) is 4.84. The van der Waals surface area contributed by atoms with Crippen LogP contribution >= 0.6 is 12.4 Å². The fourth-order valence-electron chi connectivity index (χ4n) is 1.59. The normalized spacial score (nSPS) is 20.9. The number of benzene rings is 1. The lowest BCUT2D eigenvalue weighted by Gasteiger charge is -2.31. The van der Waals surface area contributed by atoms with Crippen molar-refractivity contribution in [2.75, 3.05) is 6.61 Å². The van der Waals surface area contributed by atoms with Crippen LogP contribution in [0.15, 0.2) is 24.3 Å². The topological polar surface area (TPSA) is 62.1 Å². The van der Waals surface area contributed by atoms with Crippen molar-refractivity contribution in [3.63, 3.8) is 0 Å². The second-order valence-electron chi connectivity index (χ2n) is 3.65. The fraction of sp³-hybridized carbons (Fsp3) is 0.273. The predicted octanol–water partition coefficient (Wildman–Crippen LogP) is 2.40. The number of hydrogen-bond acceptors (Lipinski definition) is 3. The van der Waals surface area contributed by atoms with Crippen molar-refractivity contribution < 1.29 is 18.3 Å². The highest BCUT2D eigenvalue weighted by molar-refractivity contribution is 5.85. The number of rotatable bonds is 1. The van der Waals surface area contributed by atoms with Crippen LogP contribution in [-0.4, -0.2) is 18.6 Å². The number of cyclic esters (lactones) is 1. The molecule has 1 aliphatic heterocycles. The number of halogens is 3. The Morgan fingerprint density at radius 2 is 2.00 bits per heavy atom. The third kappa shape index (κ3) is 2.68. The number of hydrogen-bond donors (Lipinski definition) is 1. The van der Waals surface area contributed by atoms with Gasteiger partial charge in [0.05, 0.1) is 11.6 Å². The molecule has 1 aromatic carbocycles. The van der Waals surface area contributed by atoms with E-state index in [1.165, 1.54) is 24.3 Å².